The molecule has 4 heterocycles. The maximum absolute atomic E-state index is 13.2. The van der Waals surface area contributed by atoms with Gasteiger partial charge in [-0.15, -0.1) is 0 Å². The fourth-order valence-electron chi connectivity index (χ4n) is 5.74. The number of nitrogens with zero attached hydrogens (tertiary/aromatic N) is 3. The van der Waals surface area contributed by atoms with Crippen molar-refractivity contribution < 1.29 is 9.53 Å². The SMILES string of the molecule is CN1CCCC1CCNC(=O)[C@@H]1C[C@H](COc2cccnc2)CN(Cc2c[nH]c3ccccc23)C1. The van der Waals surface area contributed by atoms with Crippen molar-refractivity contribution in [3.8, 4) is 5.75 Å². The Hall–Kier alpha value is -2.90. The third-order valence-electron chi connectivity index (χ3n) is 7.62. The molecule has 2 saturated heterocycles. The minimum absolute atomic E-state index is 0.0298. The largest absolute Gasteiger partial charge is 0.492 e. The van der Waals surface area contributed by atoms with Gasteiger partial charge in [0.05, 0.1) is 18.7 Å². The van der Waals surface area contributed by atoms with Gasteiger partial charge in [0.1, 0.15) is 5.75 Å². The Morgan fingerprint density at radius 3 is 2.97 bits per heavy atom. The van der Waals surface area contributed by atoms with Crippen molar-refractivity contribution >= 4 is 16.8 Å². The Morgan fingerprint density at radius 1 is 1.23 bits per heavy atom. The predicted octanol–water partition coefficient (Wildman–Crippen LogP) is 3.68. The van der Waals surface area contributed by atoms with Crippen molar-refractivity contribution in [2.75, 3.05) is 39.8 Å². The monoisotopic (exact) mass is 475 g/mol. The van der Waals surface area contributed by atoms with E-state index in [0.29, 0.717) is 12.6 Å². The van der Waals surface area contributed by atoms with E-state index in [-0.39, 0.29) is 17.7 Å². The van der Waals surface area contributed by atoms with E-state index in [0.717, 1.165) is 50.3 Å². The van der Waals surface area contributed by atoms with Crippen LogP contribution in [0.1, 0.15) is 31.2 Å². The number of aromatic amines is 1. The lowest BCUT2D eigenvalue weighted by molar-refractivity contribution is -0.127. The number of carbonyl (C=O) groups excluding carboxylic acids is 1. The third-order valence-corrected chi connectivity index (χ3v) is 7.62. The van der Waals surface area contributed by atoms with Gasteiger partial charge in [0.15, 0.2) is 0 Å². The van der Waals surface area contributed by atoms with Crippen molar-refractivity contribution in [3.05, 3.63) is 60.6 Å². The summed E-state index contributed by atoms with van der Waals surface area (Å²) in [5.41, 5.74) is 2.43. The number of nitrogens with one attached hydrogen (secondary N) is 2. The Kier molecular flexibility index (Phi) is 7.64. The summed E-state index contributed by atoms with van der Waals surface area (Å²) in [5, 5.41) is 4.51. The normalized spacial score (nSPS) is 23.5. The van der Waals surface area contributed by atoms with Crippen LogP contribution in [0.2, 0.25) is 0 Å². The van der Waals surface area contributed by atoms with E-state index in [4.69, 9.17) is 4.74 Å². The lowest BCUT2D eigenvalue weighted by atomic mass is 9.88. The zero-order chi connectivity index (χ0) is 24.0. The lowest BCUT2D eigenvalue weighted by Crippen LogP contribution is -2.47. The molecule has 2 N–H and O–H groups in total. The van der Waals surface area contributed by atoms with Gasteiger partial charge in [-0.3, -0.25) is 14.7 Å². The molecule has 7 heteroatoms. The summed E-state index contributed by atoms with van der Waals surface area (Å²) in [6.07, 6.45) is 9.98. The van der Waals surface area contributed by atoms with Crippen molar-refractivity contribution in [1.82, 2.24) is 25.1 Å². The van der Waals surface area contributed by atoms with Gasteiger partial charge in [0, 0.05) is 61.4 Å². The molecule has 186 valence electrons. The summed E-state index contributed by atoms with van der Waals surface area (Å²) in [6, 6.07) is 12.8. The highest BCUT2D eigenvalue weighted by Crippen LogP contribution is 2.27. The summed E-state index contributed by atoms with van der Waals surface area (Å²) < 4.78 is 6.06. The van der Waals surface area contributed by atoms with Crippen molar-refractivity contribution in [1.29, 1.82) is 0 Å². The summed E-state index contributed by atoms with van der Waals surface area (Å²) >= 11 is 0. The molecule has 2 aromatic heterocycles. The van der Waals surface area contributed by atoms with Gasteiger partial charge in [-0.05, 0) is 63.0 Å². The van der Waals surface area contributed by atoms with Crippen molar-refractivity contribution in [2.24, 2.45) is 11.8 Å². The van der Waals surface area contributed by atoms with E-state index in [1.54, 1.807) is 12.4 Å². The maximum atomic E-state index is 13.2. The van der Waals surface area contributed by atoms with Crippen LogP contribution in [0, 0.1) is 11.8 Å². The number of aromatic nitrogens is 2. The highest BCUT2D eigenvalue weighted by Gasteiger charge is 2.32. The Labute approximate surface area is 207 Å². The van der Waals surface area contributed by atoms with Crippen LogP contribution >= 0.6 is 0 Å². The molecule has 7 nitrogen and oxygen atoms in total. The molecule has 5 rings (SSSR count). The molecular weight excluding hydrogens is 438 g/mol. The number of para-hydroxylation sites is 1. The van der Waals surface area contributed by atoms with Crippen LogP contribution in [0.4, 0.5) is 0 Å². The molecule has 2 fully saturated rings. The van der Waals surface area contributed by atoms with Gasteiger partial charge in [-0.1, -0.05) is 18.2 Å². The number of pyridine rings is 1. The zero-order valence-electron chi connectivity index (χ0n) is 20.7. The molecule has 3 aromatic rings. The first-order valence-electron chi connectivity index (χ1n) is 12.9. The Bertz CT molecular complexity index is 1100. The number of ether oxygens (including phenoxy) is 1. The van der Waals surface area contributed by atoms with Crippen molar-refractivity contribution in [3.63, 3.8) is 0 Å². The number of piperidine rings is 1. The molecule has 3 atom stereocenters. The first-order valence-corrected chi connectivity index (χ1v) is 12.9. The van der Waals surface area contributed by atoms with E-state index in [9.17, 15) is 4.79 Å². The number of fused-ring (bicyclic) bond motifs is 1. The Balaban J connectivity index is 1.23. The molecule has 0 radical (unpaired) electrons. The van der Waals surface area contributed by atoms with Crippen molar-refractivity contribution in [2.45, 2.75) is 38.3 Å². The van der Waals surface area contributed by atoms with E-state index < -0.39 is 0 Å². The number of hydrogen-bond donors (Lipinski definition) is 2. The number of carbonyl (C=O) groups is 1. The lowest BCUT2D eigenvalue weighted by Gasteiger charge is -2.37. The molecule has 0 aliphatic carbocycles. The van der Waals surface area contributed by atoms with Gasteiger partial charge in [0.25, 0.3) is 0 Å². The van der Waals surface area contributed by atoms with Gasteiger partial charge in [0.2, 0.25) is 5.91 Å². The second-order valence-electron chi connectivity index (χ2n) is 10.2. The molecule has 0 spiro atoms. The highest BCUT2D eigenvalue weighted by atomic mass is 16.5. The third kappa shape index (κ3) is 6.03. The van der Waals surface area contributed by atoms with E-state index in [1.165, 1.54) is 30.3 Å². The molecule has 1 aromatic carbocycles. The van der Waals surface area contributed by atoms with Gasteiger partial charge in [-0.2, -0.15) is 0 Å². The smallest absolute Gasteiger partial charge is 0.224 e. The van der Waals surface area contributed by atoms with Gasteiger partial charge >= 0.3 is 0 Å². The number of hydrogen-bond acceptors (Lipinski definition) is 5. The second-order valence-corrected chi connectivity index (χ2v) is 10.2. The van der Waals surface area contributed by atoms with E-state index in [1.807, 2.05) is 12.1 Å². The molecular formula is C28H37N5O2. The molecule has 2 aliphatic rings. The van der Waals surface area contributed by atoms with Gasteiger partial charge in [-0.25, -0.2) is 0 Å². The molecule has 0 bridgehead atoms. The van der Waals surface area contributed by atoms with Crippen LogP contribution in [0.3, 0.4) is 0 Å². The fraction of sp³-hybridized carbons (Fsp3) is 0.500. The molecule has 1 unspecified atom stereocenters. The van der Waals surface area contributed by atoms with Crippen LogP contribution in [-0.2, 0) is 11.3 Å². The summed E-state index contributed by atoms with van der Waals surface area (Å²) in [5.74, 6) is 1.22. The predicted molar refractivity (Wildman–Crippen MR) is 138 cm³/mol. The molecule has 0 saturated carbocycles. The standard InChI is InChI=1S/C28H37N5O2/c1-32-13-5-6-24(32)10-12-30-28(34)22-14-21(20-35-25-7-4-11-29-16-25)17-33(18-22)19-23-15-31-27-9-3-2-8-26(23)27/h2-4,7-9,11,15-16,21-22,24,31H,5-6,10,12-14,17-20H2,1H3,(H,30,34)/t21-,22+,24?/m0/s1. The average Bonchev–Trinajstić information content (AvgIpc) is 3.49. The molecule has 1 amide bonds. The van der Waals surface area contributed by atoms with Crippen LogP contribution in [0.5, 0.6) is 5.75 Å². The Morgan fingerprint density at radius 2 is 2.14 bits per heavy atom. The number of likely N-dealkylation sites (tertiary alicyclic amines) is 2. The second kappa shape index (κ2) is 11.2. The summed E-state index contributed by atoms with van der Waals surface area (Å²) in [4.78, 5) is 25.6. The zero-order valence-corrected chi connectivity index (χ0v) is 20.7. The first-order chi connectivity index (χ1) is 17.2. The maximum Gasteiger partial charge on any atom is 0.224 e. The van der Waals surface area contributed by atoms with Crippen LogP contribution in [0.15, 0.2) is 55.0 Å². The molecule has 2 aliphatic heterocycles. The first kappa shape index (κ1) is 23.8. The average molecular weight is 476 g/mol. The highest BCUT2D eigenvalue weighted by molar-refractivity contribution is 5.83. The quantitative estimate of drug-likeness (QED) is 0.494. The van der Waals surface area contributed by atoms with Crippen LogP contribution in [0.25, 0.3) is 10.9 Å². The number of amides is 1. The topological polar surface area (TPSA) is 73.5 Å². The van der Waals surface area contributed by atoms with E-state index >= 15 is 0 Å². The van der Waals surface area contributed by atoms with Crippen LogP contribution < -0.4 is 10.1 Å². The minimum atomic E-state index is -0.0298. The fourth-order valence-corrected chi connectivity index (χ4v) is 5.74. The number of H-pyrrole nitrogens is 1. The summed E-state index contributed by atoms with van der Waals surface area (Å²) in [6.45, 7) is 5.03. The van der Waals surface area contributed by atoms with Gasteiger partial charge < -0.3 is 19.9 Å². The molecule has 35 heavy (non-hydrogen) atoms. The van der Waals surface area contributed by atoms with E-state index in [2.05, 4.69) is 62.6 Å². The number of benzene rings is 1. The number of rotatable bonds is 9. The minimum Gasteiger partial charge on any atom is -0.492 e. The van der Waals surface area contributed by atoms with Crippen LogP contribution in [-0.4, -0.2) is 71.6 Å². The summed E-state index contributed by atoms with van der Waals surface area (Å²) in [7, 11) is 2.19.